The summed E-state index contributed by atoms with van der Waals surface area (Å²) in [5.74, 6) is -1.56. The number of rotatable bonds is 4. The molecule has 3 nitrogen and oxygen atoms in total. The summed E-state index contributed by atoms with van der Waals surface area (Å²) in [4.78, 5) is 14.8. The van der Waals surface area contributed by atoms with Crippen LogP contribution in [0.15, 0.2) is 6.07 Å². The summed E-state index contributed by atoms with van der Waals surface area (Å²) in [5.41, 5.74) is -0.659. The fraction of sp³-hybridized carbons (Fsp3) is 0.400. The molecule has 0 radical (unpaired) electrons. The Morgan fingerprint density at radius 1 is 1.59 bits per heavy atom. The molecule has 0 N–H and O–H groups in total. The van der Waals surface area contributed by atoms with Gasteiger partial charge in [0.25, 0.3) is 6.43 Å². The molecule has 0 amide bonds. The highest BCUT2D eigenvalue weighted by atomic mass is 127. The number of hydrogen-bond donors (Lipinski definition) is 0. The zero-order chi connectivity index (χ0) is 13.0. The zero-order valence-electron chi connectivity index (χ0n) is 8.84. The van der Waals surface area contributed by atoms with Gasteiger partial charge in [-0.05, 0) is 35.6 Å². The second-order valence-corrected chi connectivity index (χ2v) is 4.10. The molecule has 0 aliphatic heterocycles. The quantitative estimate of drug-likeness (QED) is 0.472. The topological polar surface area (TPSA) is 39.2 Å². The Bertz CT molecular complexity index is 426. The monoisotopic (exact) mass is 359 g/mol. The molecule has 0 bridgehead atoms. The summed E-state index contributed by atoms with van der Waals surface area (Å²) in [7, 11) is 0. The fourth-order valence-corrected chi connectivity index (χ4v) is 1.82. The van der Waals surface area contributed by atoms with E-state index in [0.29, 0.717) is 6.07 Å². The van der Waals surface area contributed by atoms with Gasteiger partial charge >= 0.3 is 5.97 Å². The number of pyridine rings is 1. The Morgan fingerprint density at radius 3 is 2.76 bits per heavy atom. The van der Waals surface area contributed by atoms with Gasteiger partial charge in [-0.2, -0.15) is 0 Å². The lowest BCUT2D eigenvalue weighted by Gasteiger charge is -2.07. The standard InChI is InChI=1S/C10H9F3INO2/c1-2-17-8(16)4-7-6(11)3-5(9(12)13)10(14)15-7/h3,9H,2,4H2,1H3. The predicted octanol–water partition coefficient (Wildman–Crippen LogP) is 2.87. The molecular weight excluding hydrogens is 350 g/mol. The van der Waals surface area contributed by atoms with Crippen LogP contribution in [0, 0.1) is 9.52 Å². The van der Waals surface area contributed by atoms with Crippen molar-refractivity contribution in [1.29, 1.82) is 0 Å². The molecule has 7 heteroatoms. The van der Waals surface area contributed by atoms with E-state index in [-0.39, 0.29) is 22.4 Å². The minimum Gasteiger partial charge on any atom is -0.466 e. The van der Waals surface area contributed by atoms with Crippen LogP contribution in [0.3, 0.4) is 0 Å². The molecule has 0 atom stereocenters. The van der Waals surface area contributed by atoms with Crippen molar-refractivity contribution in [1.82, 2.24) is 4.98 Å². The third kappa shape index (κ3) is 3.83. The summed E-state index contributed by atoms with van der Waals surface area (Å²) in [6.45, 7) is 1.79. The summed E-state index contributed by atoms with van der Waals surface area (Å²) < 4.78 is 42.8. The van der Waals surface area contributed by atoms with Gasteiger partial charge in [-0.15, -0.1) is 0 Å². The number of hydrogen-bond acceptors (Lipinski definition) is 3. The van der Waals surface area contributed by atoms with Crippen molar-refractivity contribution in [3.8, 4) is 0 Å². The largest absolute Gasteiger partial charge is 0.466 e. The number of alkyl halides is 2. The van der Waals surface area contributed by atoms with Gasteiger partial charge in [0, 0.05) is 0 Å². The molecule has 0 fully saturated rings. The molecule has 0 saturated heterocycles. The van der Waals surface area contributed by atoms with E-state index in [1.807, 2.05) is 0 Å². The summed E-state index contributed by atoms with van der Waals surface area (Å²) in [6.07, 6.45) is -3.15. The van der Waals surface area contributed by atoms with Crippen LogP contribution in [-0.2, 0) is 16.0 Å². The number of nitrogens with zero attached hydrogens (tertiary/aromatic N) is 1. The molecule has 94 valence electrons. The normalized spacial score (nSPS) is 10.7. The van der Waals surface area contributed by atoms with Gasteiger partial charge in [-0.1, -0.05) is 0 Å². The first-order valence-electron chi connectivity index (χ1n) is 4.74. The Labute approximate surface area is 110 Å². The number of ether oxygens (including phenoxy) is 1. The van der Waals surface area contributed by atoms with E-state index in [4.69, 9.17) is 0 Å². The first kappa shape index (κ1) is 14.2. The maximum absolute atomic E-state index is 13.4. The lowest BCUT2D eigenvalue weighted by Crippen LogP contribution is -2.12. The maximum Gasteiger partial charge on any atom is 0.311 e. The lowest BCUT2D eigenvalue weighted by atomic mass is 10.2. The average Bonchev–Trinajstić information content (AvgIpc) is 2.22. The molecule has 1 aromatic heterocycles. The SMILES string of the molecule is CCOC(=O)Cc1nc(I)c(C(F)F)cc1F. The van der Waals surface area contributed by atoms with E-state index in [9.17, 15) is 18.0 Å². The number of esters is 1. The van der Waals surface area contributed by atoms with Crippen LogP contribution in [0.2, 0.25) is 0 Å². The maximum atomic E-state index is 13.4. The van der Waals surface area contributed by atoms with E-state index in [0.717, 1.165) is 0 Å². The highest BCUT2D eigenvalue weighted by molar-refractivity contribution is 14.1. The minimum absolute atomic E-state index is 0.0155. The second-order valence-electron chi connectivity index (χ2n) is 3.08. The first-order valence-corrected chi connectivity index (χ1v) is 5.82. The zero-order valence-corrected chi connectivity index (χ0v) is 11.0. The summed E-state index contributed by atoms with van der Waals surface area (Å²) >= 11 is 1.58. The van der Waals surface area contributed by atoms with Gasteiger partial charge in [0.2, 0.25) is 0 Å². The van der Waals surface area contributed by atoms with Crippen LogP contribution in [0.4, 0.5) is 13.2 Å². The second kappa shape index (κ2) is 6.18. The first-order chi connectivity index (χ1) is 7.95. The van der Waals surface area contributed by atoms with Crippen molar-refractivity contribution in [3.05, 3.63) is 26.8 Å². The Morgan fingerprint density at radius 2 is 2.24 bits per heavy atom. The van der Waals surface area contributed by atoms with Crippen molar-refractivity contribution >= 4 is 28.6 Å². The van der Waals surface area contributed by atoms with Crippen LogP contribution in [0.1, 0.15) is 24.6 Å². The van der Waals surface area contributed by atoms with Gasteiger partial charge in [0.1, 0.15) is 9.52 Å². The van der Waals surface area contributed by atoms with Crippen LogP contribution in [0.25, 0.3) is 0 Å². The van der Waals surface area contributed by atoms with Crippen molar-refractivity contribution < 1.29 is 22.7 Å². The third-order valence-electron chi connectivity index (χ3n) is 1.88. The van der Waals surface area contributed by atoms with Gasteiger partial charge < -0.3 is 4.74 Å². The van der Waals surface area contributed by atoms with Crippen LogP contribution in [0.5, 0.6) is 0 Å². The van der Waals surface area contributed by atoms with E-state index >= 15 is 0 Å². The molecule has 1 heterocycles. The van der Waals surface area contributed by atoms with Crippen LogP contribution >= 0.6 is 22.6 Å². The average molecular weight is 359 g/mol. The molecule has 1 aromatic rings. The van der Waals surface area contributed by atoms with Gasteiger partial charge in [0.05, 0.1) is 24.3 Å². The molecule has 0 spiro atoms. The number of aromatic nitrogens is 1. The predicted molar refractivity (Wildman–Crippen MR) is 62.2 cm³/mol. The van der Waals surface area contributed by atoms with Gasteiger partial charge in [0.15, 0.2) is 0 Å². The highest BCUT2D eigenvalue weighted by Crippen LogP contribution is 2.25. The molecule has 0 aliphatic carbocycles. The Kier molecular flexibility index (Phi) is 5.16. The Balaban J connectivity index is 2.95. The third-order valence-corrected chi connectivity index (χ3v) is 2.75. The molecule has 0 aliphatic rings. The smallest absolute Gasteiger partial charge is 0.311 e. The minimum atomic E-state index is -2.79. The Hall–Kier alpha value is -0.860. The number of carbonyl (C=O) groups excluding carboxylic acids is 1. The van der Waals surface area contributed by atoms with Crippen molar-refractivity contribution in [2.75, 3.05) is 6.61 Å². The fourth-order valence-electron chi connectivity index (χ4n) is 1.14. The van der Waals surface area contributed by atoms with Gasteiger partial charge in [-0.25, -0.2) is 18.2 Å². The van der Waals surface area contributed by atoms with E-state index in [1.54, 1.807) is 29.5 Å². The molecule has 1 rings (SSSR count). The summed E-state index contributed by atoms with van der Waals surface area (Å²) in [5, 5.41) is 0. The van der Waals surface area contributed by atoms with Crippen molar-refractivity contribution in [2.24, 2.45) is 0 Å². The van der Waals surface area contributed by atoms with Crippen molar-refractivity contribution in [3.63, 3.8) is 0 Å². The van der Waals surface area contributed by atoms with E-state index < -0.39 is 23.8 Å². The summed E-state index contributed by atoms with van der Waals surface area (Å²) in [6, 6.07) is 0.702. The van der Waals surface area contributed by atoms with Crippen LogP contribution in [-0.4, -0.2) is 17.6 Å². The molecule has 0 aromatic carbocycles. The number of halogens is 4. The lowest BCUT2D eigenvalue weighted by molar-refractivity contribution is -0.142. The van der Waals surface area contributed by atoms with E-state index in [2.05, 4.69) is 9.72 Å². The number of carbonyl (C=O) groups is 1. The molecule has 0 saturated carbocycles. The molecule has 0 unspecified atom stereocenters. The van der Waals surface area contributed by atoms with E-state index in [1.165, 1.54) is 0 Å². The van der Waals surface area contributed by atoms with Crippen LogP contribution < -0.4 is 0 Å². The van der Waals surface area contributed by atoms with Crippen molar-refractivity contribution in [2.45, 2.75) is 19.8 Å². The molecular formula is C10H9F3INO2. The molecule has 17 heavy (non-hydrogen) atoms. The highest BCUT2D eigenvalue weighted by Gasteiger charge is 2.18. The van der Waals surface area contributed by atoms with Gasteiger partial charge in [-0.3, -0.25) is 4.79 Å².